The van der Waals surface area contributed by atoms with Gasteiger partial charge in [0, 0.05) is 31.7 Å². The lowest BCUT2D eigenvalue weighted by Crippen LogP contribution is -2.24. The third kappa shape index (κ3) is 5.07. The molecule has 5 aromatic heterocycles. The number of hydrogen-bond donors (Lipinski definition) is 1. The molecule has 1 saturated heterocycles. The van der Waals surface area contributed by atoms with E-state index in [-0.39, 0.29) is 11.9 Å². The molecule has 0 radical (unpaired) electrons. The molecule has 6 heterocycles. The van der Waals surface area contributed by atoms with Crippen LogP contribution in [-0.2, 0) is 6.54 Å². The van der Waals surface area contributed by atoms with Gasteiger partial charge in [-0.05, 0) is 72.5 Å². The molecule has 1 aromatic carbocycles. The van der Waals surface area contributed by atoms with Crippen molar-refractivity contribution in [1.82, 2.24) is 34.5 Å². The zero-order valence-corrected chi connectivity index (χ0v) is 22.1. The molecule has 6 aromatic rings. The van der Waals surface area contributed by atoms with Crippen LogP contribution in [0.1, 0.15) is 30.0 Å². The van der Waals surface area contributed by atoms with Gasteiger partial charge in [0.15, 0.2) is 5.65 Å². The number of anilines is 2. The summed E-state index contributed by atoms with van der Waals surface area (Å²) in [7, 11) is 0. The van der Waals surface area contributed by atoms with E-state index in [4.69, 9.17) is 10.1 Å². The molecule has 1 N–H and O–H groups in total. The van der Waals surface area contributed by atoms with Crippen LogP contribution in [0.25, 0.3) is 28.4 Å². The summed E-state index contributed by atoms with van der Waals surface area (Å²) in [5.74, 6) is 1.11. The van der Waals surface area contributed by atoms with Gasteiger partial charge in [-0.25, -0.2) is 28.8 Å². The standard InChI is InChI=1S/C31H26FN9/c32-23-7-1-6-22(17-23)27-10-4-16-40(27)30-12-11-29-35-20-28(41(29)39-30)26-9-2-8-24(37-26)25-13-15-34-31(38-25)36-19-21-5-3-14-33-18-21/h1-3,5-9,11-15,17-18,20,27H,4,10,16,19H2,(H,34,36,38). The van der Waals surface area contributed by atoms with Crippen molar-refractivity contribution in [2.75, 3.05) is 16.8 Å². The average Bonchev–Trinajstić information content (AvgIpc) is 3.68. The van der Waals surface area contributed by atoms with Crippen LogP contribution in [0, 0.1) is 5.82 Å². The van der Waals surface area contributed by atoms with Crippen molar-refractivity contribution in [2.45, 2.75) is 25.4 Å². The van der Waals surface area contributed by atoms with E-state index in [9.17, 15) is 4.39 Å². The van der Waals surface area contributed by atoms with Crippen molar-refractivity contribution < 1.29 is 4.39 Å². The van der Waals surface area contributed by atoms with Crippen LogP contribution in [0.3, 0.4) is 0 Å². The Balaban J connectivity index is 1.18. The first kappa shape index (κ1) is 24.8. The smallest absolute Gasteiger partial charge is 0.223 e. The molecule has 1 aliphatic heterocycles. The molecule has 202 valence electrons. The third-order valence-corrected chi connectivity index (χ3v) is 7.23. The molecule has 10 heteroatoms. The first-order valence-electron chi connectivity index (χ1n) is 13.5. The van der Waals surface area contributed by atoms with Gasteiger partial charge in [0.1, 0.15) is 17.3 Å². The number of rotatable bonds is 7. The van der Waals surface area contributed by atoms with Gasteiger partial charge in [0.25, 0.3) is 0 Å². The molecule has 0 amide bonds. The molecule has 0 saturated carbocycles. The van der Waals surface area contributed by atoms with E-state index in [0.717, 1.165) is 53.4 Å². The fraction of sp³-hybridized carbons (Fsp3) is 0.161. The van der Waals surface area contributed by atoms with Crippen molar-refractivity contribution in [2.24, 2.45) is 0 Å². The van der Waals surface area contributed by atoms with Gasteiger partial charge in [-0.2, -0.15) is 0 Å². The lowest BCUT2D eigenvalue weighted by Gasteiger charge is -2.26. The van der Waals surface area contributed by atoms with Crippen LogP contribution in [-0.4, -0.2) is 41.1 Å². The van der Waals surface area contributed by atoms with Crippen molar-refractivity contribution in [3.8, 4) is 22.8 Å². The van der Waals surface area contributed by atoms with Gasteiger partial charge >= 0.3 is 0 Å². The summed E-state index contributed by atoms with van der Waals surface area (Å²) in [6.07, 6.45) is 9.02. The van der Waals surface area contributed by atoms with Crippen LogP contribution < -0.4 is 10.2 Å². The van der Waals surface area contributed by atoms with Gasteiger partial charge < -0.3 is 10.2 Å². The monoisotopic (exact) mass is 543 g/mol. The van der Waals surface area contributed by atoms with Crippen molar-refractivity contribution in [3.63, 3.8) is 0 Å². The quantitative estimate of drug-likeness (QED) is 0.272. The third-order valence-electron chi connectivity index (χ3n) is 7.23. The van der Waals surface area contributed by atoms with Crippen molar-refractivity contribution >= 4 is 17.4 Å². The van der Waals surface area contributed by atoms with Gasteiger partial charge in [-0.1, -0.05) is 24.3 Å². The van der Waals surface area contributed by atoms with E-state index < -0.39 is 0 Å². The van der Waals surface area contributed by atoms with E-state index >= 15 is 0 Å². The number of benzene rings is 1. The van der Waals surface area contributed by atoms with Crippen molar-refractivity contribution in [1.29, 1.82) is 0 Å². The highest BCUT2D eigenvalue weighted by Crippen LogP contribution is 2.35. The second kappa shape index (κ2) is 10.7. The van der Waals surface area contributed by atoms with Gasteiger partial charge in [-0.15, -0.1) is 5.10 Å². The van der Waals surface area contributed by atoms with Gasteiger partial charge in [0.05, 0.1) is 29.3 Å². The minimum Gasteiger partial charge on any atom is -0.350 e. The fourth-order valence-electron chi connectivity index (χ4n) is 5.28. The Morgan fingerprint density at radius 1 is 0.854 bits per heavy atom. The molecule has 7 rings (SSSR count). The van der Waals surface area contributed by atoms with E-state index in [1.165, 1.54) is 6.07 Å². The minimum absolute atomic E-state index is 0.0720. The first-order chi connectivity index (χ1) is 20.2. The van der Waals surface area contributed by atoms with Crippen LogP contribution in [0.5, 0.6) is 0 Å². The molecule has 1 atom stereocenters. The molecule has 0 bridgehead atoms. The Labute approximate surface area is 235 Å². The number of aromatic nitrogens is 7. The number of hydrogen-bond acceptors (Lipinski definition) is 8. The Morgan fingerprint density at radius 2 is 1.76 bits per heavy atom. The highest BCUT2D eigenvalue weighted by molar-refractivity contribution is 5.65. The predicted molar refractivity (Wildman–Crippen MR) is 155 cm³/mol. The maximum atomic E-state index is 14.0. The number of imidazole rings is 1. The van der Waals surface area contributed by atoms with Crippen LogP contribution in [0.4, 0.5) is 16.2 Å². The molecule has 1 unspecified atom stereocenters. The van der Waals surface area contributed by atoms with Gasteiger partial charge in [0.2, 0.25) is 5.95 Å². The molecular formula is C31H26FN9. The molecule has 41 heavy (non-hydrogen) atoms. The lowest BCUT2D eigenvalue weighted by atomic mass is 10.0. The second-order valence-corrected chi connectivity index (χ2v) is 9.90. The normalized spacial score (nSPS) is 15.0. The SMILES string of the molecule is Fc1cccc(C2CCCN2c2ccc3ncc(-c4cccc(-c5ccnc(NCc6cccnc6)n5)n4)n3n2)c1. The largest absolute Gasteiger partial charge is 0.350 e. The van der Waals surface area contributed by atoms with E-state index in [1.807, 2.05) is 65.3 Å². The van der Waals surface area contributed by atoms with E-state index in [1.54, 1.807) is 30.7 Å². The summed E-state index contributed by atoms with van der Waals surface area (Å²) in [5, 5.41) is 8.22. The summed E-state index contributed by atoms with van der Waals surface area (Å²) in [6.45, 7) is 1.42. The Hall–Kier alpha value is -5.25. The minimum atomic E-state index is -0.222. The molecule has 0 aliphatic carbocycles. The summed E-state index contributed by atoms with van der Waals surface area (Å²) < 4.78 is 15.8. The number of nitrogens with one attached hydrogen (secondary N) is 1. The fourth-order valence-corrected chi connectivity index (χ4v) is 5.28. The molecule has 1 aliphatic rings. The lowest BCUT2D eigenvalue weighted by molar-refractivity contribution is 0.617. The highest BCUT2D eigenvalue weighted by atomic mass is 19.1. The predicted octanol–water partition coefficient (Wildman–Crippen LogP) is 5.74. The maximum Gasteiger partial charge on any atom is 0.223 e. The highest BCUT2D eigenvalue weighted by Gasteiger charge is 2.28. The molecule has 9 nitrogen and oxygen atoms in total. The zero-order chi connectivity index (χ0) is 27.6. The molecular weight excluding hydrogens is 517 g/mol. The topological polar surface area (TPSA) is 97.0 Å². The Kier molecular flexibility index (Phi) is 6.48. The summed E-state index contributed by atoms with van der Waals surface area (Å²) in [6, 6.07) is 22.4. The Morgan fingerprint density at radius 3 is 2.66 bits per heavy atom. The van der Waals surface area contributed by atoms with Crippen molar-refractivity contribution in [3.05, 3.63) is 115 Å². The maximum absolute atomic E-state index is 14.0. The second-order valence-electron chi connectivity index (χ2n) is 9.90. The van der Waals surface area contributed by atoms with Crippen LogP contribution in [0.15, 0.2) is 97.6 Å². The molecule has 1 fully saturated rings. The number of nitrogens with zero attached hydrogens (tertiary/aromatic N) is 8. The average molecular weight is 544 g/mol. The summed E-state index contributed by atoms with van der Waals surface area (Å²) >= 11 is 0. The van der Waals surface area contributed by atoms with E-state index in [2.05, 4.69) is 30.2 Å². The number of fused-ring (bicyclic) bond motifs is 1. The van der Waals surface area contributed by atoms with Crippen LogP contribution >= 0.6 is 0 Å². The number of halogens is 1. The zero-order valence-electron chi connectivity index (χ0n) is 22.1. The molecule has 0 spiro atoms. The Bertz CT molecular complexity index is 1820. The first-order valence-corrected chi connectivity index (χ1v) is 13.5. The number of pyridine rings is 2. The van der Waals surface area contributed by atoms with Crippen LogP contribution in [0.2, 0.25) is 0 Å². The summed E-state index contributed by atoms with van der Waals surface area (Å²) in [4.78, 5) is 24.9. The van der Waals surface area contributed by atoms with Gasteiger partial charge in [-0.3, -0.25) is 4.98 Å². The summed E-state index contributed by atoms with van der Waals surface area (Å²) in [5.41, 5.74) is 5.64. The van der Waals surface area contributed by atoms with E-state index in [0.29, 0.717) is 23.9 Å².